The molecule has 4 rings (SSSR count). The van der Waals surface area contributed by atoms with Gasteiger partial charge in [-0.25, -0.2) is 0 Å². The lowest BCUT2D eigenvalue weighted by molar-refractivity contribution is -0.140. The molecule has 7 nitrogen and oxygen atoms in total. The van der Waals surface area contributed by atoms with Crippen LogP contribution in [-0.2, 0) is 35.3 Å². The molecular formula is C41H57ClO7. The average Bonchev–Trinajstić information content (AvgIpc) is 3.08. The molecule has 0 radical (unpaired) electrons. The zero-order valence-corrected chi connectivity index (χ0v) is 31.1. The number of unbranched alkanes of at least 4 members (excludes halogenated alkanes) is 2. The van der Waals surface area contributed by atoms with Crippen molar-refractivity contribution >= 4 is 29.3 Å². The second kappa shape index (κ2) is 18.3. The third-order valence-corrected chi connectivity index (χ3v) is 10.8. The van der Waals surface area contributed by atoms with Crippen molar-refractivity contribution in [2.45, 2.75) is 148 Å². The molecule has 1 heterocycles. The summed E-state index contributed by atoms with van der Waals surface area (Å²) < 4.78 is 19.8. The summed E-state index contributed by atoms with van der Waals surface area (Å²) in [5.74, 6) is 0.801. The van der Waals surface area contributed by atoms with Gasteiger partial charge in [-0.15, -0.1) is 11.6 Å². The molecule has 0 spiro atoms. The number of ketones is 1. The molecule has 49 heavy (non-hydrogen) atoms. The molecule has 1 saturated carbocycles. The van der Waals surface area contributed by atoms with Gasteiger partial charge in [0.25, 0.3) is 0 Å². The summed E-state index contributed by atoms with van der Waals surface area (Å²) in [5, 5.41) is 8.14. The first-order chi connectivity index (χ1) is 23.5. The minimum absolute atomic E-state index is 0.0312. The lowest BCUT2D eigenvalue weighted by atomic mass is 9.76. The van der Waals surface area contributed by atoms with Gasteiger partial charge in [0.05, 0.1) is 24.5 Å². The Morgan fingerprint density at radius 1 is 0.939 bits per heavy atom. The molecule has 8 heteroatoms. The fourth-order valence-electron chi connectivity index (χ4n) is 7.34. The van der Waals surface area contributed by atoms with Crippen molar-refractivity contribution in [1.82, 2.24) is 0 Å². The number of fused-ring (bicyclic) bond motifs is 1. The van der Waals surface area contributed by atoms with Crippen LogP contribution in [0.3, 0.4) is 0 Å². The van der Waals surface area contributed by atoms with E-state index in [2.05, 4.69) is 34.6 Å². The first-order valence-electron chi connectivity index (χ1n) is 18.8. The molecular weight excluding hydrogens is 640 g/mol. The summed E-state index contributed by atoms with van der Waals surface area (Å²) >= 11 is 5.92. The van der Waals surface area contributed by atoms with Gasteiger partial charge in [0.1, 0.15) is 28.2 Å². The molecule has 2 aromatic rings. The van der Waals surface area contributed by atoms with Crippen LogP contribution in [-0.4, -0.2) is 40.4 Å². The Balaban J connectivity index is 1.70. The van der Waals surface area contributed by atoms with Crippen molar-refractivity contribution in [1.29, 1.82) is 0 Å². The van der Waals surface area contributed by atoms with Crippen molar-refractivity contribution in [2.24, 2.45) is 11.8 Å². The number of ether oxygens (including phenoxy) is 3. The zero-order valence-electron chi connectivity index (χ0n) is 30.3. The molecule has 1 fully saturated rings. The van der Waals surface area contributed by atoms with Gasteiger partial charge in [-0.3, -0.25) is 14.4 Å². The molecule has 270 valence electrons. The quantitative estimate of drug-likeness (QED) is 0.0941. The Bertz CT molecular complexity index is 1430. The van der Waals surface area contributed by atoms with Crippen LogP contribution in [0.2, 0.25) is 0 Å². The van der Waals surface area contributed by atoms with Crippen LogP contribution in [0.25, 0.3) is 0 Å². The van der Waals surface area contributed by atoms with E-state index >= 15 is 0 Å². The van der Waals surface area contributed by atoms with Gasteiger partial charge in [-0.2, -0.15) is 0 Å². The van der Waals surface area contributed by atoms with E-state index in [0.29, 0.717) is 42.3 Å². The fourth-order valence-corrected chi connectivity index (χ4v) is 7.52. The van der Waals surface area contributed by atoms with Gasteiger partial charge < -0.3 is 19.3 Å². The van der Waals surface area contributed by atoms with Crippen LogP contribution in [0.1, 0.15) is 144 Å². The number of carboxylic acids is 1. The van der Waals surface area contributed by atoms with Crippen LogP contribution in [0.5, 0.6) is 17.2 Å². The topological polar surface area (TPSA) is 99.1 Å². The van der Waals surface area contributed by atoms with E-state index in [1.165, 1.54) is 0 Å². The Morgan fingerprint density at radius 3 is 2.18 bits per heavy atom. The van der Waals surface area contributed by atoms with Crippen LogP contribution in [0.4, 0.5) is 0 Å². The van der Waals surface area contributed by atoms with E-state index < -0.39 is 16.9 Å². The van der Waals surface area contributed by atoms with Gasteiger partial charge in [-0.05, 0) is 75.0 Å². The number of carboxylic acid groups (broad SMARTS) is 1. The Morgan fingerprint density at radius 2 is 1.59 bits per heavy atom. The van der Waals surface area contributed by atoms with E-state index in [0.717, 1.165) is 99.3 Å². The van der Waals surface area contributed by atoms with Gasteiger partial charge in [0, 0.05) is 23.1 Å². The largest absolute Gasteiger partial charge is 0.493 e. The summed E-state index contributed by atoms with van der Waals surface area (Å²) in [6.45, 7) is 11.0. The minimum Gasteiger partial charge on any atom is -0.493 e. The zero-order chi connectivity index (χ0) is 35.6. The monoisotopic (exact) mass is 696 g/mol. The third-order valence-electron chi connectivity index (χ3n) is 10.4. The van der Waals surface area contributed by atoms with Crippen molar-refractivity contribution in [2.75, 3.05) is 6.61 Å². The third kappa shape index (κ3) is 9.59. The van der Waals surface area contributed by atoms with E-state index in [9.17, 15) is 14.4 Å². The molecule has 0 amide bonds. The molecule has 0 aromatic heterocycles. The van der Waals surface area contributed by atoms with Crippen LogP contribution in [0.15, 0.2) is 24.3 Å². The normalized spacial score (nSPS) is 18.6. The number of Topliss-reactive ketones (excluding diaryl/α,β-unsaturated/α-hetero) is 1. The van der Waals surface area contributed by atoms with E-state index in [1.807, 2.05) is 24.3 Å². The first-order valence-corrected chi connectivity index (χ1v) is 19.2. The summed E-state index contributed by atoms with van der Waals surface area (Å²) in [4.78, 5) is 39.3. The number of hydrogen-bond acceptors (Lipinski definition) is 6. The summed E-state index contributed by atoms with van der Waals surface area (Å²) in [7, 11) is 0. The highest BCUT2D eigenvalue weighted by Crippen LogP contribution is 2.49. The number of hydrogen-bond donors (Lipinski definition) is 1. The maximum Gasteiger partial charge on any atom is 0.321 e. The van der Waals surface area contributed by atoms with Crippen LogP contribution in [0, 0.1) is 11.8 Å². The van der Waals surface area contributed by atoms with Crippen LogP contribution >= 0.6 is 11.6 Å². The predicted octanol–water partition coefficient (Wildman–Crippen LogP) is 9.87. The molecule has 2 aromatic carbocycles. The molecule has 0 bridgehead atoms. The highest BCUT2D eigenvalue weighted by Gasteiger charge is 2.46. The lowest BCUT2D eigenvalue weighted by Gasteiger charge is -2.43. The molecule has 1 aliphatic heterocycles. The Labute approximate surface area is 298 Å². The Hall–Kier alpha value is -3.06. The van der Waals surface area contributed by atoms with Gasteiger partial charge in [-0.1, -0.05) is 85.3 Å². The SMILES string of the molecule is CCCCc1c(CCC)c2c(c(CCCC)c1OC(=O)C1CCCCC1)C(=O)CC(CCOc1ccc(CC(Cl)C(=O)O)cc1)(C(C)C)O2. The smallest absolute Gasteiger partial charge is 0.321 e. The van der Waals surface area contributed by atoms with Crippen molar-refractivity contribution < 1.29 is 33.7 Å². The number of carbonyl (C=O) groups excluding carboxylic acids is 2. The van der Waals surface area contributed by atoms with Crippen molar-refractivity contribution in [3.05, 3.63) is 52.1 Å². The van der Waals surface area contributed by atoms with E-state index in [4.69, 9.17) is 30.9 Å². The van der Waals surface area contributed by atoms with E-state index in [1.54, 1.807) is 0 Å². The van der Waals surface area contributed by atoms with Crippen molar-refractivity contribution in [3.8, 4) is 17.2 Å². The minimum atomic E-state index is -1.04. The van der Waals surface area contributed by atoms with Crippen molar-refractivity contribution in [3.63, 3.8) is 0 Å². The van der Waals surface area contributed by atoms with Gasteiger partial charge in [0.15, 0.2) is 5.78 Å². The molecule has 1 aliphatic carbocycles. The maximum absolute atomic E-state index is 14.5. The lowest BCUT2D eigenvalue weighted by Crippen LogP contribution is -2.48. The molecule has 2 atom stereocenters. The number of alkyl halides is 1. The van der Waals surface area contributed by atoms with Crippen LogP contribution < -0.4 is 14.2 Å². The second-order valence-corrected chi connectivity index (χ2v) is 14.9. The Kier molecular flexibility index (Phi) is 14.4. The molecule has 2 aliphatic rings. The van der Waals surface area contributed by atoms with E-state index in [-0.39, 0.29) is 36.4 Å². The molecule has 1 N–H and O–H groups in total. The number of benzene rings is 2. The van der Waals surface area contributed by atoms with Gasteiger partial charge in [0.2, 0.25) is 0 Å². The highest BCUT2D eigenvalue weighted by atomic mass is 35.5. The number of halogens is 1. The standard InChI is InChI=1S/C41H57ClO7/c1-6-9-17-32-31(14-8-3)38-36(33(18-10-7-2)37(32)48-40(46)29-15-12-11-13-16-29)35(43)26-41(49-38,27(4)5)23-24-47-30-21-19-28(20-22-30)25-34(42)39(44)45/h19-22,27,29,34H,6-18,23-26H2,1-5H3,(H,44,45). The number of carbonyl (C=O) groups is 3. The predicted molar refractivity (Wildman–Crippen MR) is 195 cm³/mol. The highest BCUT2D eigenvalue weighted by molar-refractivity contribution is 6.29. The average molecular weight is 697 g/mol. The number of rotatable bonds is 18. The molecule has 0 saturated heterocycles. The summed E-state index contributed by atoms with van der Waals surface area (Å²) in [6, 6.07) is 7.29. The number of aliphatic carboxylic acids is 1. The van der Waals surface area contributed by atoms with Gasteiger partial charge >= 0.3 is 11.9 Å². The maximum atomic E-state index is 14.5. The summed E-state index contributed by atoms with van der Waals surface area (Å²) in [6.07, 6.45) is 12.8. The summed E-state index contributed by atoms with van der Waals surface area (Å²) in [5.41, 5.74) is 3.60. The first kappa shape index (κ1) is 38.7. The number of esters is 1. The second-order valence-electron chi connectivity index (χ2n) is 14.4. The molecule has 2 unspecified atom stereocenters. The fraction of sp³-hybridized carbons (Fsp3) is 0.634.